The van der Waals surface area contributed by atoms with Gasteiger partial charge in [-0.25, -0.2) is 0 Å². The number of esters is 3. The minimum Gasteiger partial charge on any atom is -0.481 e. The quantitative estimate of drug-likeness (QED) is 0.396. The van der Waals surface area contributed by atoms with E-state index in [9.17, 15) is 24.3 Å². The van der Waals surface area contributed by atoms with Gasteiger partial charge in [0.2, 0.25) is 0 Å². The lowest BCUT2D eigenvalue weighted by Crippen LogP contribution is -2.61. The maximum atomic E-state index is 13.4. The molecule has 0 aromatic carbocycles. The van der Waals surface area contributed by atoms with E-state index < -0.39 is 58.1 Å². The lowest BCUT2D eigenvalue weighted by atomic mass is 9.51. The molecule has 8 heteroatoms. The van der Waals surface area contributed by atoms with E-state index in [2.05, 4.69) is 6.58 Å². The minimum atomic E-state index is -1.51. The summed E-state index contributed by atoms with van der Waals surface area (Å²) in [5.41, 5.74) is -2.44. The topological polar surface area (TPSA) is 116 Å². The molecule has 1 spiro atoms. The third-order valence-corrected chi connectivity index (χ3v) is 9.31. The molecule has 8 atom stereocenters. The van der Waals surface area contributed by atoms with Crippen LogP contribution in [0.2, 0.25) is 0 Å². The van der Waals surface area contributed by atoms with Gasteiger partial charge in [0, 0.05) is 12.8 Å². The predicted octanol–water partition coefficient (Wildman–Crippen LogP) is 2.74. The molecule has 0 heterocycles. The van der Waals surface area contributed by atoms with E-state index in [1.807, 2.05) is 0 Å². The molecule has 0 aromatic rings. The monoisotopic (exact) mass is 448 g/mol. The Hall–Kier alpha value is -2.38. The number of hydrogen-bond acceptors (Lipinski definition) is 7. The van der Waals surface area contributed by atoms with Crippen LogP contribution >= 0.6 is 0 Å². The molecule has 0 radical (unpaired) electrons. The SMILES string of the molecule is C=C1C[C@]23C[C@H]1CCC2[C@]1(C(=O)O)CC[C@H](OC(C)=O)[C@@](C)(C(=O)OC)C1[C@@H]3C(=O)OC. The maximum Gasteiger partial charge on any atom is 0.315 e. The number of aliphatic carboxylic acids is 1. The van der Waals surface area contributed by atoms with Crippen molar-refractivity contribution in [1.29, 1.82) is 0 Å². The number of carboxylic acid groups (broad SMARTS) is 1. The van der Waals surface area contributed by atoms with Crippen molar-refractivity contribution in [3.05, 3.63) is 12.2 Å². The van der Waals surface area contributed by atoms with Crippen LogP contribution in [0, 0.1) is 39.9 Å². The van der Waals surface area contributed by atoms with Gasteiger partial charge in [-0.05, 0) is 62.7 Å². The Kier molecular flexibility index (Phi) is 5.21. The summed E-state index contributed by atoms with van der Waals surface area (Å²) >= 11 is 0. The first-order valence-corrected chi connectivity index (χ1v) is 11.2. The highest BCUT2D eigenvalue weighted by Crippen LogP contribution is 2.78. The molecule has 32 heavy (non-hydrogen) atoms. The van der Waals surface area contributed by atoms with E-state index in [0.717, 1.165) is 12.0 Å². The van der Waals surface area contributed by atoms with Crippen molar-refractivity contribution in [3.8, 4) is 0 Å². The first-order chi connectivity index (χ1) is 15.0. The van der Waals surface area contributed by atoms with Gasteiger partial charge in [-0.15, -0.1) is 0 Å². The molecule has 0 aliphatic heterocycles. The lowest BCUT2D eigenvalue weighted by molar-refractivity contribution is -0.201. The predicted molar refractivity (Wildman–Crippen MR) is 111 cm³/mol. The first kappa shape index (κ1) is 22.8. The largest absolute Gasteiger partial charge is 0.481 e. The fraction of sp³-hybridized carbons (Fsp3) is 0.750. The van der Waals surface area contributed by atoms with Gasteiger partial charge in [0.1, 0.15) is 11.5 Å². The summed E-state index contributed by atoms with van der Waals surface area (Å²) in [5.74, 6) is -4.60. The van der Waals surface area contributed by atoms with Crippen LogP contribution < -0.4 is 0 Å². The number of rotatable bonds is 4. The van der Waals surface area contributed by atoms with Crippen molar-refractivity contribution < 1.29 is 38.5 Å². The summed E-state index contributed by atoms with van der Waals surface area (Å²) in [6.07, 6.45) is 2.21. The summed E-state index contributed by atoms with van der Waals surface area (Å²) in [6.45, 7) is 7.09. The number of carboxylic acids is 1. The van der Waals surface area contributed by atoms with Gasteiger partial charge < -0.3 is 19.3 Å². The second-order valence-corrected chi connectivity index (χ2v) is 10.3. The Morgan fingerprint density at radius 2 is 1.78 bits per heavy atom. The van der Waals surface area contributed by atoms with Gasteiger partial charge in [-0.1, -0.05) is 12.2 Å². The maximum absolute atomic E-state index is 13.4. The van der Waals surface area contributed by atoms with Crippen LogP contribution in [0.4, 0.5) is 0 Å². The second-order valence-electron chi connectivity index (χ2n) is 10.3. The highest BCUT2D eigenvalue weighted by molar-refractivity contribution is 5.87. The Morgan fingerprint density at radius 3 is 2.34 bits per heavy atom. The molecule has 0 amide bonds. The number of hydrogen-bond donors (Lipinski definition) is 1. The zero-order chi connectivity index (χ0) is 23.6. The third-order valence-electron chi connectivity index (χ3n) is 9.31. The highest BCUT2D eigenvalue weighted by atomic mass is 16.6. The summed E-state index contributed by atoms with van der Waals surface area (Å²) in [6, 6.07) is 0. The van der Waals surface area contributed by atoms with Crippen molar-refractivity contribution in [3.63, 3.8) is 0 Å². The van der Waals surface area contributed by atoms with Gasteiger partial charge in [-0.3, -0.25) is 19.2 Å². The molecule has 0 saturated heterocycles. The van der Waals surface area contributed by atoms with E-state index >= 15 is 0 Å². The zero-order valence-electron chi connectivity index (χ0n) is 19.1. The van der Waals surface area contributed by atoms with E-state index in [0.29, 0.717) is 19.3 Å². The molecule has 2 bridgehead atoms. The van der Waals surface area contributed by atoms with E-state index in [4.69, 9.17) is 14.2 Å². The van der Waals surface area contributed by atoms with Crippen molar-refractivity contribution in [2.24, 2.45) is 39.9 Å². The minimum absolute atomic E-state index is 0.207. The van der Waals surface area contributed by atoms with Crippen molar-refractivity contribution in [1.82, 2.24) is 0 Å². The molecular formula is C24H32O8. The molecule has 4 fully saturated rings. The van der Waals surface area contributed by atoms with Crippen LogP contribution in [-0.4, -0.2) is 49.3 Å². The van der Waals surface area contributed by atoms with E-state index in [1.54, 1.807) is 6.92 Å². The fourth-order valence-electron chi connectivity index (χ4n) is 8.37. The standard InChI is InChI=1S/C24H32O8/c1-12-10-23-11-14(12)6-7-15(23)24(20(27)28)9-8-16(32-13(2)25)22(3,21(29)31-5)18(24)17(23)19(26)30-4/h14-18H,1,6-11H2,2-5H3,(H,27,28)/t14-,15?,16+,17-,18?,22-,23+,24-/m1/s1. The number of allylic oxidation sites excluding steroid dienone is 1. The highest BCUT2D eigenvalue weighted by Gasteiger charge is 2.81. The third kappa shape index (κ3) is 2.61. The molecule has 4 saturated carbocycles. The molecule has 176 valence electrons. The number of fused-ring (bicyclic) bond motifs is 3. The molecule has 1 N–H and O–H groups in total. The van der Waals surface area contributed by atoms with Crippen LogP contribution in [0.5, 0.6) is 0 Å². The summed E-state index contributed by atoms with van der Waals surface area (Å²) in [5, 5.41) is 10.7. The number of ether oxygens (including phenoxy) is 3. The summed E-state index contributed by atoms with van der Waals surface area (Å²) in [7, 11) is 2.52. The second kappa shape index (κ2) is 7.32. The molecule has 4 aliphatic carbocycles. The molecule has 2 unspecified atom stereocenters. The van der Waals surface area contributed by atoms with Crippen molar-refractivity contribution >= 4 is 23.9 Å². The van der Waals surface area contributed by atoms with Gasteiger partial charge in [0.05, 0.1) is 25.6 Å². The van der Waals surface area contributed by atoms with Crippen LogP contribution in [0.15, 0.2) is 12.2 Å². The Morgan fingerprint density at radius 1 is 1.09 bits per heavy atom. The van der Waals surface area contributed by atoms with Crippen molar-refractivity contribution in [2.75, 3.05) is 14.2 Å². The van der Waals surface area contributed by atoms with Gasteiger partial charge in [0.15, 0.2) is 0 Å². The van der Waals surface area contributed by atoms with Gasteiger partial charge in [-0.2, -0.15) is 0 Å². The van der Waals surface area contributed by atoms with E-state index in [1.165, 1.54) is 21.1 Å². The zero-order valence-corrected chi connectivity index (χ0v) is 19.1. The van der Waals surface area contributed by atoms with E-state index in [-0.39, 0.29) is 24.7 Å². The summed E-state index contributed by atoms with van der Waals surface area (Å²) in [4.78, 5) is 51.8. The number of carbonyl (C=O) groups excluding carboxylic acids is 3. The number of carbonyl (C=O) groups is 4. The Labute approximate surface area is 187 Å². The van der Waals surface area contributed by atoms with Crippen LogP contribution in [0.3, 0.4) is 0 Å². The molecule has 4 aliphatic rings. The van der Waals surface area contributed by atoms with Crippen LogP contribution in [0.1, 0.15) is 52.4 Å². The summed E-state index contributed by atoms with van der Waals surface area (Å²) < 4.78 is 16.0. The average Bonchev–Trinajstić information content (AvgIpc) is 3.16. The molecule has 0 aromatic heterocycles. The van der Waals surface area contributed by atoms with Crippen molar-refractivity contribution in [2.45, 2.75) is 58.5 Å². The molecule has 8 nitrogen and oxygen atoms in total. The fourth-order valence-corrected chi connectivity index (χ4v) is 8.37. The van der Waals surface area contributed by atoms with Gasteiger partial charge >= 0.3 is 23.9 Å². The average molecular weight is 449 g/mol. The first-order valence-electron chi connectivity index (χ1n) is 11.2. The Balaban J connectivity index is 2.00. The normalized spacial score (nSPS) is 44.2. The smallest absolute Gasteiger partial charge is 0.315 e. The Bertz CT molecular complexity index is 894. The number of methoxy groups -OCH3 is 2. The van der Waals surface area contributed by atoms with Crippen LogP contribution in [0.25, 0.3) is 0 Å². The molecular weight excluding hydrogens is 416 g/mol. The van der Waals surface area contributed by atoms with Crippen LogP contribution in [-0.2, 0) is 33.4 Å². The lowest BCUT2D eigenvalue weighted by Gasteiger charge is -2.52. The van der Waals surface area contributed by atoms with Gasteiger partial charge in [0.25, 0.3) is 0 Å². The molecule has 4 rings (SSSR count).